The molecule has 0 unspecified atom stereocenters. The Morgan fingerprint density at radius 1 is 1.06 bits per heavy atom. The van der Waals surface area contributed by atoms with Gasteiger partial charge >= 0.3 is 6.03 Å². The minimum absolute atomic E-state index is 0.0685. The van der Waals surface area contributed by atoms with Gasteiger partial charge in [-0.3, -0.25) is 9.59 Å². The number of para-hydroxylation sites is 2. The molecule has 0 aromatic heterocycles. The van der Waals surface area contributed by atoms with Gasteiger partial charge in [-0.1, -0.05) is 12.1 Å². The van der Waals surface area contributed by atoms with Crippen LogP contribution in [-0.4, -0.2) is 56.6 Å². The van der Waals surface area contributed by atoms with E-state index in [-0.39, 0.29) is 5.70 Å². The molecule has 0 saturated carbocycles. The maximum absolute atomic E-state index is 12.8. The highest BCUT2D eigenvalue weighted by molar-refractivity contribution is 6.16. The molecule has 3 rings (SSSR count). The third kappa shape index (κ3) is 5.25. The summed E-state index contributed by atoms with van der Waals surface area (Å²) in [6, 6.07) is 11.9. The van der Waals surface area contributed by atoms with Gasteiger partial charge < -0.3 is 25.0 Å². The van der Waals surface area contributed by atoms with Crippen LogP contribution in [0.2, 0.25) is 0 Å². The molecular formula is C24H28N4O5. The number of methoxy groups -OCH3 is 2. The van der Waals surface area contributed by atoms with Crippen molar-refractivity contribution in [2.45, 2.75) is 13.8 Å². The SMILES string of the molecule is CCN(CC)c1ccc(/C=C2/NC(=O)N(CC(=O)Nc3ccccc3OC)C2=O)c(OC)c1. The summed E-state index contributed by atoms with van der Waals surface area (Å²) in [5.74, 6) is -0.0688. The molecule has 1 aliphatic heterocycles. The lowest BCUT2D eigenvalue weighted by Gasteiger charge is -2.22. The molecule has 174 valence electrons. The zero-order valence-corrected chi connectivity index (χ0v) is 19.2. The quantitative estimate of drug-likeness (QED) is 0.448. The van der Waals surface area contributed by atoms with Crippen LogP contribution in [0.1, 0.15) is 19.4 Å². The monoisotopic (exact) mass is 452 g/mol. The maximum atomic E-state index is 12.8. The number of nitrogens with one attached hydrogen (secondary N) is 2. The van der Waals surface area contributed by atoms with Crippen LogP contribution in [-0.2, 0) is 9.59 Å². The molecule has 9 heteroatoms. The average molecular weight is 453 g/mol. The number of ether oxygens (including phenoxy) is 2. The van der Waals surface area contributed by atoms with Crippen LogP contribution in [0, 0.1) is 0 Å². The molecule has 0 aliphatic carbocycles. The molecule has 0 radical (unpaired) electrons. The van der Waals surface area contributed by atoms with Crippen molar-refractivity contribution in [2.75, 3.05) is 44.1 Å². The molecular weight excluding hydrogens is 424 g/mol. The Bertz CT molecular complexity index is 1080. The van der Waals surface area contributed by atoms with Crippen molar-refractivity contribution in [2.24, 2.45) is 0 Å². The second kappa shape index (κ2) is 10.5. The number of nitrogens with zero attached hydrogens (tertiary/aromatic N) is 2. The van der Waals surface area contributed by atoms with Gasteiger partial charge in [0.15, 0.2) is 0 Å². The molecule has 4 amide bonds. The van der Waals surface area contributed by atoms with Gasteiger partial charge in [0.1, 0.15) is 23.7 Å². The van der Waals surface area contributed by atoms with Crippen molar-refractivity contribution in [3.8, 4) is 11.5 Å². The van der Waals surface area contributed by atoms with Gasteiger partial charge in [0, 0.05) is 30.4 Å². The van der Waals surface area contributed by atoms with Crippen LogP contribution in [0.15, 0.2) is 48.2 Å². The van der Waals surface area contributed by atoms with Crippen LogP contribution < -0.4 is 25.0 Å². The van der Waals surface area contributed by atoms with E-state index in [1.54, 1.807) is 37.5 Å². The summed E-state index contributed by atoms with van der Waals surface area (Å²) < 4.78 is 10.7. The Hall–Kier alpha value is -4.01. The fraction of sp³-hybridized carbons (Fsp3) is 0.292. The number of amides is 4. The zero-order valence-electron chi connectivity index (χ0n) is 19.2. The smallest absolute Gasteiger partial charge is 0.329 e. The average Bonchev–Trinajstić information content (AvgIpc) is 3.08. The highest BCUT2D eigenvalue weighted by atomic mass is 16.5. The van der Waals surface area contributed by atoms with E-state index in [0.29, 0.717) is 22.7 Å². The summed E-state index contributed by atoms with van der Waals surface area (Å²) in [7, 11) is 3.04. The van der Waals surface area contributed by atoms with Crippen LogP contribution in [0.5, 0.6) is 11.5 Å². The minimum Gasteiger partial charge on any atom is -0.496 e. The highest BCUT2D eigenvalue weighted by Gasteiger charge is 2.35. The summed E-state index contributed by atoms with van der Waals surface area (Å²) in [4.78, 5) is 40.7. The number of hydrogen-bond donors (Lipinski definition) is 2. The molecule has 1 heterocycles. The number of rotatable bonds is 9. The molecule has 0 spiro atoms. The Labute approximate surface area is 193 Å². The van der Waals surface area contributed by atoms with E-state index < -0.39 is 24.4 Å². The van der Waals surface area contributed by atoms with Crippen LogP contribution >= 0.6 is 0 Å². The van der Waals surface area contributed by atoms with E-state index >= 15 is 0 Å². The number of hydrogen-bond acceptors (Lipinski definition) is 6. The summed E-state index contributed by atoms with van der Waals surface area (Å²) in [6.07, 6.45) is 1.54. The molecule has 1 fully saturated rings. The molecule has 0 bridgehead atoms. The Morgan fingerprint density at radius 2 is 1.76 bits per heavy atom. The number of carbonyl (C=O) groups is 3. The van der Waals surface area contributed by atoms with Crippen molar-refractivity contribution in [3.05, 3.63) is 53.7 Å². The molecule has 1 saturated heterocycles. The molecule has 2 aromatic carbocycles. The summed E-state index contributed by atoms with van der Waals surface area (Å²) >= 11 is 0. The van der Waals surface area contributed by atoms with Gasteiger partial charge in [0.05, 0.1) is 19.9 Å². The first-order valence-corrected chi connectivity index (χ1v) is 10.6. The van der Waals surface area contributed by atoms with Crippen LogP contribution in [0.3, 0.4) is 0 Å². The number of urea groups is 1. The molecule has 33 heavy (non-hydrogen) atoms. The summed E-state index contributed by atoms with van der Waals surface area (Å²) in [5.41, 5.74) is 2.15. The van der Waals surface area contributed by atoms with Crippen LogP contribution in [0.4, 0.5) is 16.2 Å². The minimum atomic E-state index is -0.667. The van der Waals surface area contributed by atoms with Crippen molar-refractivity contribution in [1.82, 2.24) is 10.2 Å². The first-order valence-electron chi connectivity index (χ1n) is 10.6. The fourth-order valence-electron chi connectivity index (χ4n) is 3.56. The normalized spacial score (nSPS) is 14.3. The van der Waals surface area contributed by atoms with Gasteiger partial charge in [0.25, 0.3) is 5.91 Å². The van der Waals surface area contributed by atoms with Crippen molar-refractivity contribution < 1.29 is 23.9 Å². The molecule has 1 aliphatic rings. The third-order valence-electron chi connectivity index (χ3n) is 5.29. The van der Waals surface area contributed by atoms with E-state index in [4.69, 9.17) is 9.47 Å². The Morgan fingerprint density at radius 3 is 2.42 bits per heavy atom. The fourth-order valence-corrected chi connectivity index (χ4v) is 3.56. The van der Waals surface area contributed by atoms with E-state index in [2.05, 4.69) is 29.4 Å². The summed E-state index contributed by atoms with van der Waals surface area (Å²) in [5, 5.41) is 5.19. The first kappa shape index (κ1) is 23.6. The number of anilines is 2. The predicted molar refractivity (Wildman–Crippen MR) is 126 cm³/mol. The number of imide groups is 1. The summed E-state index contributed by atoms with van der Waals surface area (Å²) in [6.45, 7) is 5.40. The Balaban J connectivity index is 1.76. The number of benzene rings is 2. The zero-order chi connectivity index (χ0) is 24.0. The molecule has 2 aromatic rings. The van der Waals surface area contributed by atoms with Crippen LogP contribution in [0.25, 0.3) is 6.08 Å². The lowest BCUT2D eigenvalue weighted by atomic mass is 10.1. The third-order valence-corrected chi connectivity index (χ3v) is 5.29. The van der Waals surface area contributed by atoms with Gasteiger partial charge in [-0.05, 0) is 44.2 Å². The van der Waals surface area contributed by atoms with E-state index in [1.807, 2.05) is 18.2 Å². The largest absolute Gasteiger partial charge is 0.496 e. The van der Waals surface area contributed by atoms with Crippen molar-refractivity contribution in [1.29, 1.82) is 0 Å². The van der Waals surface area contributed by atoms with E-state index in [9.17, 15) is 14.4 Å². The van der Waals surface area contributed by atoms with Gasteiger partial charge in [-0.25, -0.2) is 9.69 Å². The van der Waals surface area contributed by atoms with E-state index in [0.717, 1.165) is 23.7 Å². The van der Waals surface area contributed by atoms with E-state index in [1.165, 1.54) is 7.11 Å². The maximum Gasteiger partial charge on any atom is 0.329 e. The van der Waals surface area contributed by atoms with Gasteiger partial charge in [-0.2, -0.15) is 0 Å². The van der Waals surface area contributed by atoms with Crippen molar-refractivity contribution in [3.63, 3.8) is 0 Å². The molecule has 2 N–H and O–H groups in total. The van der Waals surface area contributed by atoms with Crippen molar-refractivity contribution >= 4 is 35.3 Å². The topological polar surface area (TPSA) is 100 Å². The second-order valence-electron chi connectivity index (χ2n) is 7.23. The molecule has 9 nitrogen and oxygen atoms in total. The highest BCUT2D eigenvalue weighted by Crippen LogP contribution is 2.28. The second-order valence-corrected chi connectivity index (χ2v) is 7.23. The lowest BCUT2D eigenvalue weighted by Crippen LogP contribution is -2.38. The Kier molecular flexibility index (Phi) is 7.55. The standard InChI is InChI=1S/C24H28N4O5/c1-5-27(6-2)17-12-11-16(21(14-17)33-4)13-19-23(30)28(24(31)26-19)15-22(29)25-18-9-7-8-10-20(18)32-3/h7-14H,5-6,15H2,1-4H3,(H,25,29)(H,26,31)/b19-13+. The lowest BCUT2D eigenvalue weighted by molar-refractivity contribution is -0.127. The molecule has 0 atom stereocenters. The van der Waals surface area contributed by atoms with Gasteiger partial charge in [0.2, 0.25) is 5.91 Å². The predicted octanol–water partition coefficient (Wildman–Crippen LogP) is 3.08. The van der Waals surface area contributed by atoms with Gasteiger partial charge in [-0.15, -0.1) is 0 Å². The first-order chi connectivity index (χ1) is 15.9. The number of carbonyl (C=O) groups excluding carboxylic acids is 3.